The average molecular weight is 242 g/mol. The quantitative estimate of drug-likeness (QED) is 0.881. The van der Waals surface area contributed by atoms with Crippen LogP contribution < -0.4 is 0 Å². The van der Waals surface area contributed by atoms with Gasteiger partial charge in [0.1, 0.15) is 11.6 Å². The van der Waals surface area contributed by atoms with Crippen LogP contribution in [-0.2, 0) is 11.2 Å². The number of aliphatic hydroxyl groups excluding tert-OH is 1. The van der Waals surface area contributed by atoms with Crippen LogP contribution in [0.25, 0.3) is 0 Å². The summed E-state index contributed by atoms with van der Waals surface area (Å²) >= 11 is 0. The van der Waals surface area contributed by atoms with Crippen molar-refractivity contribution in [2.45, 2.75) is 32.0 Å². The molecular formula is C13H16F2O2. The fourth-order valence-corrected chi connectivity index (χ4v) is 2.34. The van der Waals surface area contributed by atoms with Gasteiger partial charge in [0.25, 0.3) is 0 Å². The van der Waals surface area contributed by atoms with E-state index in [1.807, 2.05) is 6.92 Å². The van der Waals surface area contributed by atoms with Gasteiger partial charge in [0.2, 0.25) is 0 Å². The standard InChI is InChI=1S/C13H16F2O2/c1-8-9(5-6-17-8)13(16)7-10-11(14)3-2-4-12(10)15/h2-4,8-9,13,16H,5-7H2,1H3. The van der Waals surface area contributed by atoms with Crippen molar-refractivity contribution in [1.82, 2.24) is 0 Å². The fraction of sp³-hybridized carbons (Fsp3) is 0.538. The van der Waals surface area contributed by atoms with Gasteiger partial charge in [0.05, 0.1) is 12.2 Å². The minimum atomic E-state index is -0.765. The average Bonchev–Trinajstić information content (AvgIpc) is 2.70. The molecule has 0 spiro atoms. The zero-order chi connectivity index (χ0) is 12.4. The van der Waals surface area contributed by atoms with Gasteiger partial charge in [-0.1, -0.05) is 6.07 Å². The molecule has 0 radical (unpaired) electrons. The van der Waals surface area contributed by atoms with Crippen molar-refractivity contribution in [2.75, 3.05) is 6.61 Å². The number of ether oxygens (including phenoxy) is 1. The van der Waals surface area contributed by atoms with Crippen molar-refractivity contribution in [2.24, 2.45) is 5.92 Å². The van der Waals surface area contributed by atoms with Gasteiger partial charge >= 0.3 is 0 Å². The van der Waals surface area contributed by atoms with Crippen molar-refractivity contribution in [3.05, 3.63) is 35.4 Å². The Bertz CT molecular complexity index is 375. The van der Waals surface area contributed by atoms with E-state index in [2.05, 4.69) is 0 Å². The van der Waals surface area contributed by atoms with Crippen LogP contribution in [0.2, 0.25) is 0 Å². The summed E-state index contributed by atoms with van der Waals surface area (Å²) in [4.78, 5) is 0. The van der Waals surface area contributed by atoms with Gasteiger partial charge in [0.15, 0.2) is 0 Å². The van der Waals surface area contributed by atoms with Crippen LogP contribution in [0.4, 0.5) is 8.78 Å². The molecule has 1 heterocycles. The first-order valence-corrected chi connectivity index (χ1v) is 5.82. The highest BCUT2D eigenvalue weighted by molar-refractivity contribution is 5.20. The summed E-state index contributed by atoms with van der Waals surface area (Å²) in [6.07, 6.45) is -0.0892. The first-order chi connectivity index (χ1) is 8.09. The molecular weight excluding hydrogens is 226 g/mol. The number of rotatable bonds is 3. The zero-order valence-electron chi connectivity index (χ0n) is 9.70. The van der Waals surface area contributed by atoms with Crippen molar-refractivity contribution in [1.29, 1.82) is 0 Å². The molecule has 3 unspecified atom stereocenters. The van der Waals surface area contributed by atoms with E-state index in [-0.39, 0.29) is 24.0 Å². The second-order valence-corrected chi connectivity index (χ2v) is 4.50. The number of aliphatic hydroxyl groups is 1. The Labute approximate surface area is 99.2 Å². The molecule has 1 aromatic rings. The Morgan fingerprint density at radius 1 is 1.41 bits per heavy atom. The second kappa shape index (κ2) is 5.10. The van der Waals surface area contributed by atoms with Crippen LogP contribution in [0, 0.1) is 17.6 Å². The van der Waals surface area contributed by atoms with Gasteiger partial charge in [-0.05, 0) is 25.5 Å². The van der Waals surface area contributed by atoms with Gasteiger partial charge in [0, 0.05) is 24.5 Å². The maximum absolute atomic E-state index is 13.4. The van der Waals surface area contributed by atoms with Gasteiger partial charge in [-0.3, -0.25) is 0 Å². The molecule has 4 heteroatoms. The molecule has 1 N–H and O–H groups in total. The summed E-state index contributed by atoms with van der Waals surface area (Å²) in [7, 11) is 0. The molecule has 2 rings (SSSR count). The molecule has 0 saturated carbocycles. The Morgan fingerprint density at radius 2 is 2.06 bits per heavy atom. The maximum atomic E-state index is 13.4. The number of hydrogen-bond donors (Lipinski definition) is 1. The lowest BCUT2D eigenvalue weighted by Gasteiger charge is -2.21. The van der Waals surface area contributed by atoms with E-state index in [0.29, 0.717) is 6.61 Å². The van der Waals surface area contributed by atoms with Crippen LogP contribution in [0.15, 0.2) is 18.2 Å². The van der Waals surface area contributed by atoms with Gasteiger partial charge in [-0.2, -0.15) is 0 Å². The molecule has 2 nitrogen and oxygen atoms in total. The largest absolute Gasteiger partial charge is 0.392 e. The summed E-state index contributed by atoms with van der Waals surface area (Å²) in [6.45, 7) is 2.47. The molecule has 1 saturated heterocycles. The van der Waals surface area contributed by atoms with Gasteiger partial charge < -0.3 is 9.84 Å². The van der Waals surface area contributed by atoms with E-state index in [1.54, 1.807) is 0 Å². The molecule has 0 aromatic heterocycles. The van der Waals surface area contributed by atoms with E-state index in [9.17, 15) is 13.9 Å². The molecule has 0 amide bonds. The SMILES string of the molecule is CC1OCCC1C(O)Cc1c(F)cccc1F. The Balaban J connectivity index is 2.10. The molecule has 94 valence electrons. The second-order valence-electron chi connectivity index (χ2n) is 4.50. The van der Waals surface area contributed by atoms with Crippen LogP contribution in [-0.4, -0.2) is 23.9 Å². The molecule has 17 heavy (non-hydrogen) atoms. The molecule has 1 fully saturated rings. The smallest absolute Gasteiger partial charge is 0.129 e. The molecule has 3 atom stereocenters. The fourth-order valence-electron chi connectivity index (χ4n) is 2.34. The summed E-state index contributed by atoms with van der Waals surface area (Å²) < 4.78 is 32.2. The number of halogens is 2. The zero-order valence-corrected chi connectivity index (χ0v) is 9.70. The summed E-state index contributed by atoms with van der Waals surface area (Å²) in [5.41, 5.74) is -0.0425. The van der Waals surface area contributed by atoms with Crippen molar-refractivity contribution in [3.8, 4) is 0 Å². The third-order valence-electron chi connectivity index (χ3n) is 3.40. The molecule has 0 bridgehead atoms. The first-order valence-electron chi connectivity index (χ1n) is 5.82. The van der Waals surface area contributed by atoms with Crippen LogP contribution >= 0.6 is 0 Å². The summed E-state index contributed by atoms with van der Waals surface area (Å²) in [6, 6.07) is 3.74. The molecule has 1 aliphatic rings. The number of benzene rings is 1. The highest BCUT2D eigenvalue weighted by Crippen LogP contribution is 2.27. The Morgan fingerprint density at radius 3 is 2.59 bits per heavy atom. The van der Waals surface area contributed by atoms with Gasteiger partial charge in [-0.25, -0.2) is 8.78 Å². The van der Waals surface area contributed by atoms with Crippen molar-refractivity contribution < 1.29 is 18.6 Å². The lowest BCUT2D eigenvalue weighted by molar-refractivity contribution is 0.0432. The first kappa shape index (κ1) is 12.5. The summed E-state index contributed by atoms with van der Waals surface area (Å²) in [5.74, 6) is -1.25. The van der Waals surface area contributed by atoms with E-state index >= 15 is 0 Å². The predicted molar refractivity (Wildman–Crippen MR) is 59.6 cm³/mol. The highest BCUT2D eigenvalue weighted by atomic mass is 19.1. The molecule has 0 aliphatic carbocycles. The van der Waals surface area contributed by atoms with E-state index in [0.717, 1.165) is 6.42 Å². The normalized spacial score (nSPS) is 26.1. The summed E-state index contributed by atoms with van der Waals surface area (Å²) in [5, 5.41) is 10.0. The topological polar surface area (TPSA) is 29.5 Å². The molecule has 1 aliphatic heterocycles. The minimum absolute atomic E-state index is 0.00310. The van der Waals surface area contributed by atoms with E-state index < -0.39 is 17.7 Å². The van der Waals surface area contributed by atoms with Crippen LogP contribution in [0.3, 0.4) is 0 Å². The lowest BCUT2D eigenvalue weighted by Crippen LogP contribution is -2.28. The van der Waals surface area contributed by atoms with E-state index in [1.165, 1.54) is 18.2 Å². The van der Waals surface area contributed by atoms with Crippen molar-refractivity contribution >= 4 is 0 Å². The van der Waals surface area contributed by atoms with Crippen molar-refractivity contribution in [3.63, 3.8) is 0 Å². The third-order valence-corrected chi connectivity index (χ3v) is 3.40. The van der Waals surface area contributed by atoms with Gasteiger partial charge in [-0.15, -0.1) is 0 Å². The lowest BCUT2D eigenvalue weighted by atomic mass is 9.91. The Kier molecular flexibility index (Phi) is 3.74. The predicted octanol–water partition coefficient (Wildman–Crippen LogP) is 2.29. The van der Waals surface area contributed by atoms with Crippen LogP contribution in [0.5, 0.6) is 0 Å². The van der Waals surface area contributed by atoms with Crippen LogP contribution in [0.1, 0.15) is 18.9 Å². The Hall–Kier alpha value is -1.00. The maximum Gasteiger partial charge on any atom is 0.129 e. The monoisotopic (exact) mass is 242 g/mol. The minimum Gasteiger partial charge on any atom is -0.392 e. The third kappa shape index (κ3) is 2.64. The number of hydrogen-bond acceptors (Lipinski definition) is 2. The van der Waals surface area contributed by atoms with E-state index in [4.69, 9.17) is 4.74 Å². The molecule has 1 aromatic carbocycles. The highest BCUT2D eigenvalue weighted by Gasteiger charge is 2.31.